The summed E-state index contributed by atoms with van der Waals surface area (Å²) in [5.41, 5.74) is 2.16. The summed E-state index contributed by atoms with van der Waals surface area (Å²) in [6, 6.07) is 14.8. The Morgan fingerprint density at radius 2 is 1.86 bits per heavy atom. The van der Waals surface area contributed by atoms with Crippen molar-refractivity contribution in [2.24, 2.45) is 11.8 Å². The number of nitrogens with one attached hydrogen (secondary N) is 2. The summed E-state index contributed by atoms with van der Waals surface area (Å²) in [5.74, 6) is 0.175. The predicted molar refractivity (Wildman–Crippen MR) is 135 cm³/mol. The molecular weight excluding hydrogens is 442 g/mol. The molecule has 8 nitrogen and oxygen atoms in total. The summed E-state index contributed by atoms with van der Waals surface area (Å²) < 4.78 is 3.97. The number of aromatic nitrogens is 2. The number of para-hydroxylation sites is 1. The van der Waals surface area contributed by atoms with Crippen molar-refractivity contribution in [1.29, 1.82) is 0 Å². The molecule has 4 heterocycles. The van der Waals surface area contributed by atoms with Gasteiger partial charge in [-0.2, -0.15) is 0 Å². The number of carbonyl (C=O) groups excluding carboxylic acids is 2. The highest BCUT2D eigenvalue weighted by atomic mass is 16.2. The number of hydrogen-bond donors (Lipinski definition) is 2. The van der Waals surface area contributed by atoms with E-state index in [0.717, 1.165) is 17.6 Å². The molecule has 2 aromatic heterocycles. The van der Waals surface area contributed by atoms with E-state index >= 15 is 0 Å². The first-order valence-corrected chi connectivity index (χ1v) is 12.5. The highest BCUT2D eigenvalue weighted by Crippen LogP contribution is 2.34. The number of likely N-dealkylation sites (tertiary alicyclic amines) is 1. The van der Waals surface area contributed by atoms with E-state index in [0.29, 0.717) is 32.7 Å². The van der Waals surface area contributed by atoms with Crippen LogP contribution in [0.15, 0.2) is 59.5 Å². The molecule has 184 valence electrons. The first-order valence-electron chi connectivity index (χ1n) is 12.5. The van der Waals surface area contributed by atoms with Crippen LogP contribution < -0.4 is 16.2 Å². The summed E-state index contributed by atoms with van der Waals surface area (Å²) in [7, 11) is 0. The zero-order valence-electron chi connectivity index (χ0n) is 20.3. The van der Waals surface area contributed by atoms with Gasteiger partial charge in [0.05, 0.1) is 0 Å². The molecule has 3 atom stereocenters. The van der Waals surface area contributed by atoms with Gasteiger partial charge < -0.3 is 24.7 Å². The summed E-state index contributed by atoms with van der Waals surface area (Å²) in [6.45, 7) is 6.81. The number of rotatable bonds is 6. The van der Waals surface area contributed by atoms with Crippen LogP contribution in [0.25, 0.3) is 10.9 Å². The quantitative estimate of drug-likeness (QED) is 0.575. The Labute approximate surface area is 204 Å². The first-order chi connectivity index (χ1) is 16.9. The third-order valence-electron chi connectivity index (χ3n) is 7.33. The van der Waals surface area contributed by atoms with Crippen molar-refractivity contribution in [3.63, 3.8) is 0 Å². The molecule has 5 rings (SSSR count). The van der Waals surface area contributed by atoms with Crippen LogP contribution in [0.5, 0.6) is 0 Å². The Balaban J connectivity index is 1.19. The van der Waals surface area contributed by atoms with Gasteiger partial charge in [0.25, 0.3) is 5.56 Å². The van der Waals surface area contributed by atoms with E-state index in [1.807, 2.05) is 47.7 Å². The molecule has 3 amide bonds. The molecule has 2 aliphatic heterocycles. The molecule has 0 spiro atoms. The molecule has 2 unspecified atom stereocenters. The minimum atomic E-state index is -0.611. The Bertz CT molecular complexity index is 1290. The van der Waals surface area contributed by atoms with Crippen molar-refractivity contribution in [2.75, 3.05) is 19.6 Å². The SMILES string of the molecule is CC(C)[C@H](NC(=O)N1CC2CC(C1)c1cccc(=O)n1C2)C(=O)NCCn1ccc2ccccc21. The van der Waals surface area contributed by atoms with Gasteiger partial charge in [-0.1, -0.05) is 38.1 Å². The fourth-order valence-electron chi connectivity index (χ4n) is 5.57. The van der Waals surface area contributed by atoms with E-state index in [1.165, 1.54) is 5.39 Å². The molecule has 0 radical (unpaired) electrons. The Hall–Kier alpha value is -3.55. The molecule has 3 aromatic rings. The van der Waals surface area contributed by atoms with E-state index in [4.69, 9.17) is 0 Å². The van der Waals surface area contributed by atoms with E-state index < -0.39 is 6.04 Å². The number of hydrogen-bond acceptors (Lipinski definition) is 3. The second-order valence-electron chi connectivity index (χ2n) is 10.1. The average molecular weight is 476 g/mol. The van der Waals surface area contributed by atoms with E-state index in [2.05, 4.69) is 33.4 Å². The number of pyridine rings is 1. The van der Waals surface area contributed by atoms with E-state index in [9.17, 15) is 14.4 Å². The molecule has 1 aromatic carbocycles. The third-order valence-corrected chi connectivity index (χ3v) is 7.33. The standard InChI is InChI=1S/C27H33N5O3/c1-18(2)25(26(34)28-11-13-30-12-10-20-6-3-4-7-22(20)30)29-27(35)31-15-19-14-21(17-31)23-8-5-9-24(33)32(23)16-19/h3-10,12,18-19,21,25H,11,13-17H2,1-2H3,(H,28,34)(H,29,35)/t19?,21?,25-/m0/s1. The van der Waals surface area contributed by atoms with Crippen molar-refractivity contribution in [3.05, 3.63) is 70.8 Å². The van der Waals surface area contributed by atoms with E-state index in [-0.39, 0.29) is 35.3 Å². The monoisotopic (exact) mass is 475 g/mol. The van der Waals surface area contributed by atoms with Crippen LogP contribution in [0.1, 0.15) is 31.9 Å². The van der Waals surface area contributed by atoms with Gasteiger partial charge in [0.2, 0.25) is 5.91 Å². The molecule has 2 aliphatic rings. The molecule has 35 heavy (non-hydrogen) atoms. The van der Waals surface area contributed by atoms with Gasteiger partial charge in [-0.15, -0.1) is 0 Å². The number of urea groups is 1. The van der Waals surface area contributed by atoms with Gasteiger partial charge in [0.1, 0.15) is 6.04 Å². The Morgan fingerprint density at radius 3 is 2.69 bits per heavy atom. The minimum Gasteiger partial charge on any atom is -0.353 e. The van der Waals surface area contributed by atoms with Crippen LogP contribution in [0.2, 0.25) is 0 Å². The smallest absolute Gasteiger partial charge is 0.318 e. The van der Waals surface area contributed by atoms with Crippen LogP contribution in [0.3, 0.4) is 0 Å². The minimum absolute atomic E-state index is 0.0274. The molecule has 2 bridgehead atoms. The van der Waals surface area contributed by atoms with Crippen molar-refractivity contribution < 1.29 is 9.59 Å². The lowest BCUT2D eigenvalue weighted by Gasteiger charge is -2.43. The van der Waals surface area contributed by atoms with Gasteiger partial charge in [-0.05, 0) is 41.8 Å². The van der Waals surface area contributed by atoms with Crippen LogP contribution in [0.4, 0.5) is 4.79 Å². The van der Waals surface area contributed by atoms with Crippen molar-refractivity contribution in [3.8, 4) is 0 Å². The lowest BCUT2D eigenvalue weighted by Crippen LogP contribution is -2.57. The van der Waals surface area contributed by atoms with Crippen LogP contribution in [0, 0.1) is 11.8 Å². The summed E-state index contributed by atoms with van der Waals surface area (Å²) in [4.78, 5) is 40.3. The fraction of sp³-hybridized carbons (Fsp3) is 0.444. The summed E-state index contributed by atoms with van der Waals surface area (Å²) in [5, 5.41) is 7.16. The molecule has 2 N–H and O–H groups in total. The maximum atomic E-state index is 13.2. The van der Waals surface area contributed by atoms with Crippen molar-refractivity contribution in [2.45, 2.75) is 45.3 Å². The maximum Gasteiger partial charge on any atom is 0.318 e. The van der Waals surface area contributed by atoms with Gasteiger partial charge in [-0.3, -0.25) is 9.59 Å². The largest absolute Gasteiger partial charge is 0.353 e. The fourth-order valence-corrected chi connectivity index (χ4v) is 5.57. The van der Waals surface area contributed by atoms with Crippen molar-refractivity contribution in [1.82, 2.24) is 24.7 Å². The predicted octanol–water partition coefficient (Wildman–Crippen LogP) is 2.77. The van der Waals surface area contributed by atoms with Gasteiger partial charge >= 0.3 is 6.03 Å². The summed E-state index contributed by atoms with van der Waals surface area (Å²) in [6.07, 6.45) is 3.01. The van der Waals surface area contributed by atoms with Crippen LogP contribution in [-0.4, -0.2) is 51.6 Å². The van der Waals surface area contributed by atoms with Crippen molar-refractivity contribution >= 4 is 22.8 Å². The number of fused-ring (bicyclic) bond motifs is 5. The highest BCUT2D eigenvalue weighted by Gasteiger charge is 2.37. The first kappa shape index (κ1) is 23.2. The number of carbonyl (C=O) groups is 2. The molecule has 0 saturated carbocycles. The average Bonchev–Trinajstić information content (AvgIpc) is 3.26. The molecule has 1 saturated heterocycles. The topological polar surface area (TPSA) is 88.4 Å². The van der Waals surface area contributed by atoms with Gasteiger partial charge in [-0.25, -0.2) is 4.79 Å². The lowest BCUT2D eigenvalue weighted by molar-refractivity contribution is -0.124. The number of amides is 3. The third kappa shape index (κ3) is 4.70. The zero-order chi connectivity index (χ0) is 24.5. The van der Waals surface area contributed by atoms with Gasteiger partial charge in [0, 0.05) is 62.1 Å². The molecule has 1 fully saturated rings. The number of nitrogens with zero attached hydrogens (tertiary/aromatic N) is 3. The highest BCUT2D eigenvalue weighted by molar-refractivity contribution is 5.87. The molecular formula is C27H33N5O3. The lowest BCUT2D eigenvalue weighted by atomic mass is 9.83. The van der Waals surface area contributed by atoms with Crippen LogP contribution in [-0.2, 0) is 17.9 Å². The Morgan fingerprint density at radius 1 is 1.03 bits per heavy atom. The zero-order valence-corrected chi connectivity index (χ0v) is 20.3. The van der Waals surface area contributed by atoms with Crippen LogP contribution >= 0.6 is 0 Å². The maximum absolute atomic E-state index is 13.2. The Kier molecular flexibility index (Phi) is 6.36. The van der Waals surface area contributed by atoms with Gasteiger partial charge in [0.15, 0.2) is 0 Å². The normalized spacial score (nSPS) is 19.9. The van der Waals surface area contributed by atoms with E-state index in [1.54, 1.807) is 12.1 Å². The second kappa shape index (κ2) is 9.60. The molecule has 8 heteroatoms. The number of piperidine rings is 1. The number of benzene rings is 1. The summed E-state index contributed by atoms with van der Waals surface area (Å²) >= 11 is 0. The molecule has 0 aliphatic carbocycles. The second-order valence-corrected chi connectivity index (χ2v) is 10.1.